The molecule has 2 unspecified atom stereocenters. The lowest BCUT2D eigenvalue weighted by molar-refractivity contribution is -0.870. The Morgan fingerprint density at radius 2 is 0.629 bits per heavy atom. The molecule has 105 heavy (non-hydrogen) atoms. The monoisotopic (exact) mass is 1530 g/mol. The average molecular weight is 1530 g/mol. The number of ether oxygens (including phenoxy) is 4. The van der Waals surface area contributed by atoms with Crippen LogP contribution in [-0.4, -0.2) is 120 Å². The first-order valence-corrected chi connectivity index (χ1v) is 45.8. The van der Waals surface area contributed by atoms with E-state index >= 15 is 0 Å². The van der Waals surface area contributed by atoms with Crippen molar-refractivity contribution in [3.63, 3.8) is 0 Å². The molecule has 0 aromatic heterocycles. The van der Waals surface area contributed by atoms with E-state index < -0.39 is 46.4 Å². The molecule has 0 bridgehead atoms. The van der Waals surface area contributed by atoms with E-state index in [1.54, 1.807) is 0 Å². The molecule has 0 aliphatic carbocycles. The molecule has 0 aromatic rings. The van der Waals surface area contributed by atoms with Gasteiger partial charge in [0.25, 0.3) is 7.82 Å². The lowest BCUT2D eigenvalue weighted by Crippen LogP contribution is -2.37. The summed E-state index contributed by atoms with van der Waals surface area (Å²) in [5.41, 5.74) is 5.51. The van der Waals surface area contributed by atoms with Crippen LogP contribution in [0, 0.1) is 0 Å². The number of hydrogen-bond acceptors (Lipinski definition) is 17. The van der Waals surface area contributed by atoms with Crippen molar-refractivity contribution in [1.29, 1.82) is 0 Å². The lowest BCUT2D eigenvalue weighted by atomic mass is 10.1. The maximum atomic E-state index is 13.4. The zero-order valence-corrected chi connectivity index (χ0v) is 70.3. The number of carbonyl (C=O) groups is 4. The highest BCUT2D eigenvalue weighted by atomic mass is 31.3. The van der Waals surface area contributed by atoms with Crippen LogP contribution in [-0.2, 0) is 65.1 Å². The molecule has 4 atom stereocenters. The van der Waals surface area contributed by atoms with Crippen LogP contribution in [0.1, 0.15) is 387 Å². The van der Waals surface area contributed by atoms with Crippen molar-refractivity contribution in [2.75, 3.05) is 73.9 Å². The van der Waals surface area contributed by atoms with Gasteiger partial charge in [-0.15, -0.1) is 0 Å². The van der Waals surface area contributed by atoms with Gasteiger partial charge in [0.05, 0.1) is 41.0 Å². The highest BCUT2D eigenvalue weighted by Gasteiger charge is 2.35. The van der Waals surface area contributed by atoms with Crippen LogP contribution in [0.3, 0.4) is 0 Å². The second-order valence-electron chi connectivity index (χ2n) is 29.9. The number of likely N-dealkylation sites (N-methyl/N-ethyl adjacent to an activating group) is 1. The van der Waals surface area contributed by atoms with Gasteiger partial charge in [-0.3, -0.25) is 32.8 Å². The van der Waals surface area contributed by atoms with Crippen molar-refractivity contribution in [2.45, 2.75) is 399 Å². The number of aliphatic hydroxyl groups is 1. The third-order valence-electron chi connectivity index (χ3n) is 18.2. The number of rotatable bonds is 79. The number of nitrogens with zero attached hydrogens (tertiary/aromatic N) is 1. The molecule has 0 aliphatic heterocycles. The van der Waals surface area contributed by atoms with E-state index in [9.17, 15) is 38.3 Å². The molecular weight excluding hydrogens is 1370 g/mol. The normalized spacial score (nSPS) is 13.7. The van der Waals surface area contributed by atoms with Crippen LogP contribution < -0.4 is 10.6 Å². The van der Waals surface area contributed by atoms with Gasteiger partial charge in [0, 0.05) is 32.2 Å². The first kappa shape index (κ1) is 104. The number of phosphoric ester groups is 2. The largest absolute Gasteiger partial charge is 0.756 e. The van der Waals surface area contributed by atoms with Crippen LogP contribution in [0.4, 0.5) is 0 Å². The summed E-state index contributed by atoms with van der Waals surface area (Å²) < 4.78 is 68.2. The molecule has 18 nitrogen and oxygen atoms in total. The van der Waals surface area contributed by atoms with E-state index in [1.165, 1.54) is 193 Å². The molecular formula is C85H162N2O16P2. The Morgan fingerprint density at radius 3 is 0.914 bits per heavy atom. The smallest absolute Gasteiger partial charge is 0.481 e. The van der Waals surface area contributed by atoms with Gasteiger partial charge >= 0.3 is 31.7 Å². The maximum Gasteiger partial charge on any atom is 0.481 e. The van der Waals surface area contributed by atoms with E-state index in [0.29, 0.717) is 36.7 Å². The van der Waals surface area contributed by atoms with Crippen LogP contribution in [0.5, 0.6) is 0 Å². The summed E-state index contributed by atoms with van der Waals surface area (Å²) in [4.78, 5) is 62.3. The number of phosphoric acid groups is 2. The molecule has 0 aromatic carbocycles. The average Bonchev–Trinajstić information content (AvgIpc) is 0.845. The van der Waals surface area contributed by atoms with Gasteiger partial charge in [0.15, 0.2) is 12.2 Å². The summed E-state index contributed by atoms with van der Waals surface area (Å²) in [5.74, 6) is -1.62. The number of esters is 4. The number of hydrogen-bond donors (Lipinski definition) is 2. The van der Waals surface area contributed by atoms with Gasteiger partial charge in [-0.2, -0.15) is 0 Å². The summed E-state index contributed by atoms with van der Waals surface area (Å²) in [5, 5.41) is 9.53. The molecule has 0 aliphatic rings. The van der Waals surface area contributed by atoms with Gasteiger partial charge in [-0.1, -0.05) is 282 Å². The van der Waals surface area contributed by atoms with E-state index in [0.717, 1.165) is 128 Å². The molecule has 0 spiro atoms. The topological polar surface area (TPSA) is 246 Å². The van der Waals surface area contributed by atoms with Gasteiger partial charge in [-0.25, -0.2) is 8.88 Å². The first-order valence-electron chi connectivity index (χ1n) is 42.9. The molecule has 20 heteroatoms. The summed E-state index contributed by atoms with van der Waals surface area (Å²) in [6.45, 7) is 7.22. The Labute approximate surface area is 643 Å². The Balaban J connectivity index is 0. The molecule has 0 rings (SSSR count). The van der Waals surface area contributed by atoms with Crippen molar-refractivity contribution in [3.8, 4) is 0 Å². The zero-order valence-electron chi connectivity index (χ0n) is 68.5. The number of quaternary nitrogens is 1. The Morgan fingerprint density at radius 1 is 0.362 bits per heavy atom. The molecule has 0 radical (unpaired) electrons. The Hall–Kier alpha value is -3.02. The number of allylic oxidation sites excluding steroid dienone is 8. The maximum absolute atomic E-state index is 13.4. The van der Waals surface area contributed by atoms with Crippen molar-refractivity contribution in [3.05, 3.63) is 48.6 Å². The quantitative estimate of drug-likeness (QED) is 0.0143. The predicted molar refractivity (Wildman–Crippen MR) is 433 cm³/mol. The summed E-state index contributed by atoms with van der Waals surface area (Å²) in [7, 11) is -4.41. The van der Waals surface area contributed by atoms with Crippen molar-refractivity contribution in [2.24, 2.45) is 5.73 Å². The van der Waals surface area contributed by atoms with Crippen LogP contribution in [0.25, 0.3) is 0 Å². The van der Waals surface area contributed by atoms with Gasteiger partial charge < -0.3 is 43.7 Å². The number of unbranched alkanes of at least 4 members (excludes halogenated alkanes) is 44. The van der Waals surface area contributed by atoms with Crippen LogP contribution in [0.2, 0.25) is 0 Å². The van der Waals surface area contributed by atoms with E-state index in [4.69, 9.17) is 42.6 Å². The fraction of sp³-hybridized carbons (Fsp3) is 0.859. The Bertz CT molecular complexity index is 2170. The molecule has 618 valence electrons. The minimum absolute atomic E-state index is 0.0709. The summed E-state index contributed by atoms with van der Waals surface area (Å²) in [6, 6.07) is 0. The summed E-state index contributed by atoms with van der Waals surface area (Å²) >= 11 is 0. The van der Waals surface area contributed by atoms with Crippen molar-refractivity contribution >= 4 is 39.5 Å². The third-order valence-corrected chi connectivity index (χ3v) is 21.3. The van der Waals surface area contributed by atoms with Gasteiger partial charge in [0.2, 0.25) is 0 Å². The van der Waals surface area contributed by atoms with Crippen LogP contribution >= 0.6 is 15.6 Å². The minimum Gasteiger partial charge on any atom is -0.756 e. The lowest BCUT2D eigenvalue weighted by Gasteiger charge is -2.29. The second-order valence-corrected chi connectivity index (χ2v) is 33.1. The SMILES string of the molecule is CCCCCCCC/C=C\CCCCCCCC(=O)OC[C@H](CO)OC(=O)CCCCCCC/C=C\CCCCCCCC.CCCCCCCC/C=C\CCCCCCCC(=O)OC[C@H](COP(=O)(OCCN)OP(=O)([O-])OCC[N+](C)(C)C)OC(=O)CCCCCCC/C=C\CCCCCCCC. The number of carbonyl (C=O) groups excluding carboxylic acids is 4. The summed E-state index contributed by atoms with van der Waals surface area (Å²) in [6.07, 6.45) is 78.7. The number of nitrogens with two attached hydrogens (primary N) is 1. The second kappa shape index (κ2) is 79.1. The zero-order chi connectivity index (χ0) is 77.5. The molecule has 0 fully saturated rings. The van der Waals surface area contributed by atoms with E-state index in [-0.39, 0.29) is 64.4 Å². The van der Waals surface area contributed by atoms with E-state index in [1.807, 2.05) is 21.1 Å². The molecule has 0 saturated heterocycles. The molecule has 0 saturated carbocycles. The highest BCUT2D eigenvalue weighted by Crippen LogP contribution is 2.61. The third kappa shape index (κ3) is 81.8. The molecule has 3 N–H and O–H groups in total. The minimum atomic E-state index is -5.15. The van der Waals surface area contributed by atoms with Crippen molar-refractivity contribution < 1.29 is 79.6 Å². The molecule has 0 amide bonds. The van der Waals surface area contributed by atoms with Crippen molar-refractivity contribution in [1.82, 2.24) is 0 Å². The van der Waals surface area contributed by atoms with Gasteiger partial charge in [0.1, 0.15) is 26.4 Å². The van der Waals surface area contributed by atoms with E-state index in [2.05, 4.69) is 76.3 Å². The fourth-order valence-corrected chi connectivity index (χ4v) is 14.2. The van der Waals surface area contributed by atoms with Crippen LogP contribution in [0.15, 0.2) is 48.6 Å². The molecule has 0 heterocycles. The number of aliphatic hydroxyl groups excluding tert-OH is 1. The highest BCUT2D eigenvalue weighted by molar-refractivity contribution is 7.61. The fourth-order valence-electron chi connectivity index (χ4n) is 11.6. The first-order chi connectivity index (χ1) is 50.9. The predicted octanol–water partition coefficient (Wildman–Crippen LogP) is 23.3. The Kier molecular flexibility index (Phi) is 78.3. The van der Waals surface area contributed by atoms with Gasteiger partial charge in [-0.05, 0) is 128 Å². The standard InChI is InChI=1S/C46H90N2O11P2.C39H72O5/c1-6-8-10-12-14-16-18-20-22-24-26-28-30-32-34-36-45(49)54-42-44(43-57-61(53,56-40-38-47)59-60(51,52)55-41-39-48(3,4)5)58-46(50)37-35-33-31-29-27-25-23-21-19-17-15-13-11-9-7-2;1-3-5-7-9-11-13-15-17-19-21-23-25-27-29-31-33-38(41)43-36-37(35-40)44-39(42)34-32-30-28-26-24-22-20-18-16-14-12-10-8-6-4-2/h20-23,44H,6-19,24-43,47H2,1-5H3;17-20,37,40H,3-16,21-36H2,1-2H3/b22-20-,23-21-;19-17-,20-18-/t44-,61?;37-/m10/s1.